The molecule has 1 aromatic heterocycles. The van der Waals surface area contributed by atoms with Gasteiger partial charge in [-0.1, -0.05) is 79.6 Å². The Morgan fingerprint density at radius 1 is 0.952 bits per heavy atom. The third-order valence-electron chi connectivity index (χ3n) is 8.14. The summed E-state index contributed by atoms with van der Waals surface area (Å²) in [7, 11) is 0. The molecule has 0 bridgehead atoms. The zero-order chi connectivity index (χ0) is 29.4. The lowest BCUT2D eigenvalue weighted by Crippen LogP contribution is -2.40. The van der Waals surface area contributed by atoms with Gasteiger partial charge in [0.25, 0.3) is 0 Å². The number of hydrogen-bond donors (Lipinski definition) is 2. The van der Waals surface area contributed by atoms with Gasteiger partial charge >= 0.3 is 0 Å². The molecule has 5 rings (SSSR count). The number of nitrogens with zero attached hydrogens (tertiary/aromatic N) is 2. The number of para-hydroxylation sites is 1. The smallest absolute Gasteiger partial charge is 0.223 e. The molecule has 0 spiro atoms. The van der Waals surface area contributed by atoms with Gasteiger partial charge in [0.1, 0.15) is 5.37 Å². The summed E-state index contributed by atoms with van der Waals surface area (Å²) in [4.78, 5) is 45.6. The fourth-order valence-corrected chi connectivity index (χ4v) is 7.23. The number of ketones is 1. The molecule has 217 valence electrons. The van der Waals surface area contributed by atoms with Crippen LogP contribution < -0.4 is 16.0 Å². The van der Waals surface area contributed by atoms with Crippen molar-refractivity contribution in [2.24, 2.45) is 11.1 Å². The first-order chi connectivity index (χ1) is 20.5. The number of anilines is 1. The minimum atomic E-state index is -0.610. The van der Waals surface area contributed by atoms with Crippen LogP contribution in [0.4, 0.5) is 5.69 Å². The molecule has 2 heterocycles. The van der Waals surface area contributed by atoms with Gasteiger partial charge in [0, 0.05) is 36.5 Å². The summed E-state index contributed by atoms with van der Waals surface area (Å²) >= 11 is 1.56. The van der Waals surface area contributed by atoms with Crippen molar-refractivity contribution in [1.29, 1.82) is 0 Å². The summed E-state index contributed by atoms with van der Waals surface area (Å²) < 4.78 is 0. The van der Waals surface area contributed by atoms with E-state index in [9.17, 15) is 14.4 Å². The molecular weight excluding hydrogens is 544 g/mol. The van der Waals surface area contributed by atoms with Crippen LogP contribution in [0.5, 0.6) is 0 Å². The maximum absolute atomic E-state index is 13.8. The number of nitrogens with two attached hydrogens (primary N) is 1. The maximum atomic E-state index is 13.8. The molecule has 1 atom stereocenters. The number of aromatic nitrogens is 1. The van der Waals surface area contributed by atoms with E-state index >= 15 is 0 Å². The Morgan fingerprint density at radius 2 is 1.62 bits per heavy atom. The number of primary amides is 1. The van der Waals surface area contributed by atoms with Gasteiger partial charge in [-0.2, -0.15) is 0 Å². The number of pyridine rings is 1. The first kappa shape index (κ1) is 29.6. The van der Waals surface area contributed by atoms with Crippen molar-refractivity contribution in [3.05, 3.63) is 108 Å². The third kappa shape index (κ3) is 6.76. The van der Waals surface area contributed by atoms with E-state index in [-0.39, 0.29) is 23.0 Å². The SMILES string of the molecule is NC(=O)C1(C[CH]C(=O)NCCCC(=O)C2=C(c3ccccc3)N(c3ccccc3)C(c3ccncc3)S2)CCCCC1. The molecule has 0 saturated heterocycles. The Balaban J connectivity index is 1.28. The van der Waals surface area contributed by atoms with Gasteiger partial charge in [-0.15, -0.1) is 0 Å². The molecule has 8 heteroatoms. The van der Waals surface area contributed by atoms with Gasteiger partial charge in [0.15, 0.2) is 5.78 Å². The monoisotopic (exact) mass is 581 g/mol. The lowest BCUT2D eigenvalue weighted by atomic mass is 9.70. The predicted molar refractivity (Wildman–Crippen MR) is 168 cm³/mol. The van der Waals surface area contributed by atoms with Crippen molar-refractivity contribution in [2.75, 3.05) is 11.4 Å². The minimum Gasteiger partial charge on any atom is -0.369 e. The first-order valence-electron chi connectivity index (χ1n) is 14.6. The number of Topliss-reactive ketones (excluding diaryl/α,β-unsaturated/α-hetero) is 1. The Bertz CT molecular complexity index is 1410. The number of thioether (sulfide) groups is 1. The van der Waals surface area contributed by atoms with E-state index in [2.05, 4.69) is 27.3 Å². The van der Waals surface area contributed by atoms with E-state index in [1.54, 1.807) is 30.6 Å². The summed E-state index contributed by atoms with van der Waals surface area (Å²) in [6, 6.07) is 24.1. The van der Waals surface area contributed by atoms with Gasteiger partial charge < -0.3 is 16.0 Å². The summed E-state index contributed by atoms with van der Waals surface area (Å²) in [5.74, 6) is -0.492. The molecule has 3 aromatic rings. The summed E-state index contributed by atoms with van der Waals surface area (Å²) in [5, 5.41) is 2.77. The lowest BCUT2D eigenvalue weighted by molar-refractivity contribution is -0.130. The van der Waals surface area contributed by atoms with Crippen LogP contribution in [0.25, 0.3) is 5.70 Å². The lowest BCUT2D eigenvalue weighted by Gasteiger charge is -2.34. The topological polar surface area (TPSA) is 105 Å². The maximum Gasteiger partial charge on any atom is 0.223 e. The normalized spacial score (nSPS) is 18.1. The van der Waals surface area contributed by atoms with Gasteiger partial charge in [0.2, 0.25) is 11.8 Å². The van der Waals surface area contributed by atoms with E-state index in [1.165, 1.54) is 0 Å². The molecule has 7 nitrogen and oxygen atoms in total. The van der Waals surface area contributed by atoms with Crippen LogP contribution in [-0.2, 0) is 14.4 Å². The van der Waals surface area contributed by atoms with Gasteiger partial charge in [-0.25, -0.2) is 0 Å². The molecule has 1 unspecified atom stereocenters. The molecule has 1 aliphatic carbocycles. The molecule has 3 N–H and O–H groups in total. The fraction of sp³-hybridized carbons (Fsp3) is 0.324. The van der Waals surface area contributed by atoms with Crippen molar-refractivity contribution >= 4 is 40.7 Å². The summed E-state index contributed by atoms with van der Waals surface area (Å²) in [5.41, 5.74) is 9.03. The summed E-state index contributed by atoms with van der Waals surface area (Å²) in [6.07, 6.45) is 10.8. The van der Waals surface area contributed by atoms with Crippen molar-refractivity contribution < 1.29 is 14.4 Å². The largest absolute Gasteiger partial charge is 0.369 e. The second-order valence-corrected chi connectivity index (χ2v) is 12.0. The van der Waals surface area contributed by atoms with E-state index in [0.29, 0.717) is 30.7 Å². The molecule has 1 radical (unpaired) electrons. The molecular formula is C34H37N4O3S. The second kappa shape index (κ2) is 13.8. The number of rotatable bonds is 12. The Morgan fingerprint density at radius 3 is 2.29 bits per heavy atom. The molecule has 1 saturated carbocycles. The van der Waals surface area contributed by atoms with E-state index < -0.39 is 5.41 Å². The van der Waals surface area contributed by atoms with E-state index in [4.69, 9.17) is 5.73 Å². The molecule has 42 heavy (non-hydrogen) atoms. The number of amides is 2. The van der Waals surface area contributed by atoms with Crippen molar-refractivity contribution in [2.45, 2.75) is 56.7 Å². The van der Waals surface area contributed by atoms with Crippen molar-refractivity contribution in [1.82, 2.24) is 10.3 Å². The van der Waals surface area contributed by atoms with Gasteiger partial charge in [-0.05, 0) is 61.1 Å². The zero-order valence-electron chi connectivity index (χ0n) is 23.7. The zero-order valence-corrected chi connectivity index (χ0v) is 24.5. The quantitative estimate of drug-likeness (QED) is 0.247. The van der Waals surface area contributed by atoms with Crippen LogP contribution in [0.2, 0.25) is 0 Å². The highest BCUT2D eigenvalue weighted by Crippen LogP contribution is 2.53. The minimum absolute atomic E-state index is 0.0458. The average molecular weight is 582 g/mol. The number of allylic oxidation sites excluding steroid dienone is 1. The van der Waals surface area contributed by atoms with Crippen LogP contribution >= 0.6 is 11.8 Å². The number of carbonyl (C=O) groups excluding carboxylic acids is 3. The van der Waals surface area contributed by atoms with E-state index in [0.717, 1.165) is 54.6 Å². The van der Waals surface area contributed by atoms with Crippen LogP contribution in [0, 0.1) is 11.8 Å². The molecule has 1 fully saturated rings. The Labute approximate surface area is 252 Å². The average Bonchev–Trinajstić information content (AvgIpc) is 3.45. The third-order valence-corrected chi connectivity index (χ3v) is 9.50. The molecule has 1 aliphatic heterocycles. The number of hydrogen-bond acceptors (Lipinski definition) is 6. The number of carbonyl (C=O) groups is 3. The number of nitrogens with one attached hydrogen (secondary N) is 1. The first-order valence-corrected chi connectivity index (χ1v) is 15.5. The van der Waals surface area contributed by atoms with Gasteiger partial charge in [-0.3, -0.25) is 19.4 Å². The van der Waals surface area contributed by atoms with Crippen LogP contribution in [0.1, 0.15) is 67.9 Å². The highest BCUT2D eigenvalue weighted by atomic mass is 32.2. The predicted octanol–water partition coefficient (Wildman–Crippen LogP) is 6.20. The van der Waals surface area contributed by atoms with E-state index in [1.807, 2.05) is 60.7 Å². The molecule has 2 aromatic carbocycles. The molecule has 2 amide bonds. The van der Waals surface area contributed by atoms with Crippen LogP contribution in [0.3, 0.4) is 0 Å². The Kier molecular flexibility index (Phi) is 9.74. The molecule has 2 aliphatic rings. The standard InChI is InChI=1S/C34H37N4O3S/c35-33(41)34(19-8-3-9-20-34)21-16-29(40)37-22-10-15-28(39)31-30(25-11-4-1-5-12-25)38(27-13-6-2-7-14-27)32(42-31)26-17-23-36-24-18-26/h1-2,4-7,11-14,16-18,23-24,32H,3,8-10,15,19-22H2,(H2,35,41)(H,37,40). The van der Waals surface area contributed by atoms with Crippen molar-refractivity contribution in [3.8, 4) is 0 Å². The Hall–Kier alpha value is -3.91. The highest BCUT2D eigenvalue weighted by molar-refractivity contribution is 8.04. The number of benzene rings is 2. The van der Waals surface area contributed by atoms with Crippen LogP contribution in [-0.4, -0.2) is 29.1 Å². The fourth-order valence-electron chi connectivity index (χ4n) is 5.82. The van der Waals surface area contributed by atoms with Crippen molar-refractivity contribution in [3.63, 3.8) is 0 Å². The summed E-state index contributed by atoms with van der Waals surface area (Å²) in [6.45, 7) is 0.374. The highest BCUT2D eigenvalue weighted by Gasteiger charge is 2.39. The van der Waals surface area contributed by atoms with Crippen LogP contribution in [0.15, 0.2) is 90.1 Å². The second-order valence-electron chi connectivity index (χ2n) is 10.9. The van der Waals surface area contributed by atoms with Gasteiger partial charge in [0.05, 0.1) is 17.0 Å².